The molecule has 4 rings (SSSR count). The Morgan fingerprint density at radius 2 is 1.85 bits per heavy atom. The summed E-state index contributed by atoms with van der Waals surface area (Å²) in [6, 6.07) is 5.99. The van der Waals surface area contributed by atoms with Crippen molar-refractivity contribution < 1.29 is 9.53 Å². The summed E-state index contributed by atoms with van der Waals surface area (Å²) in [7, 11) is 0. The quantitative estimate of drug-likeness (QED) is 0.848. The number of rotatable bonds is 3. The van der Waals surface area contributed by atoms with Crippen molar-refractivity contribution in [1.29, 1.82) is 0 Å². The highest BCUT2D eigenvalue weighted by Crippen LogP contribution is 2.27. The van der Waals surface area contributed by atoms with E-state index in [1.54, 1.807) is 6.07 Å². The largest absolute Gasteiger partial charge is 0.378 e. The number of piperazine rings is 1. The van der Waals surface area contributed by atoms with Crippen LogP contribution in [0.5, 0.6) is 0 Å². The van der Waals surface area contributed by atoms with Crippen LogP contribution in [0, 0.1) is 0 Å². The van der Waals surface area contributed by atoms with Crippen LogP contribution < -0.4 is 5.32 Å². The molecule has 7 heteroatoms. The van der Waals surface area contributed by atoms with Gasteiger partial charge in [-0.15, -0.1) is 0 Å². The van der Waals surface area contributed by atoms with Crippen molar-refractivity contribution in [3.05, 3.63) is 33.8 Å². The fraction of sp³-hybridized carbons (Fsp3) is 0.632. The Morgan fingerprint density at radius 3 is 2.58 bits per heavy atom. The lowest BCUT2D eigenvalue weighted by Gasteiger charge is -2.50. The van der Waals surface area contributed by atoms with Gasteiger partial charge in [-0.25, -0.2) is 0 Å². The molecule has 5 nitrogen and oxygen atoms in total. The van der Waals surface area contributed by atoms with Crippen LogP contribution >= 0.6 is 23.2 Å². The van der Waals surface area contributed by atoms with Crippen LogP contribution in [0.3, 0.4) is 0 Å². The Kier molecular flexibility index (Phi) is 5.72. The van der Waals surface area contributed by atoms with Crippen LogP contribution in [-0.4, -0.2) is 73.2 Å². The van der Waals surface area contributed by atoms with E-state index in [-0.39, 0.29) is 24.0 Å². The average Bonchev–Trinajstić information content (AvgIpc) is 3.14. The van der Waals surface area contributed by atoms with Crippen molar-refractivity contribution in [1.82, 2.24) is 15.1 Å². The molecule has 1 aromatic carbocycles. The Labute approximate surface area is 164 Å². The number of carbonyl (C=O) groups excluding carboxylic acids is 1. The third-order valence-corrected chi connectivity index (χ3v) is 6.16. The van der Waals surface area contributed by atoms with Gasteiger partial charge in [0.05, 0.1) is 37.8 Å². The number of hydrogen-bond acceptors (Lipinski definition) is 4. The van der Waals surface area contributed by atoms with Gasteiger partial charge >= 0.3 is 0 Å². The topological polar surface area (TPSA) is 44.8 Å². The summed E-state index contributed by atoms with van der Waals surface area (Å²) >= 11 is 12.2. The summed E-state index contributed by atoms with van der Waals surface area (Å²) in [6.07, 6.45) is 2.80. The molecule has 3 atom stereocenters. The lowest BCUT2D eigenvalue weighted by molar-refractivity contribution is -0.142. The van der Waals surface area contributed by atoms with Gasteiger partial charge in [-0.1, -0.05) is 23.2 Å². The normalized spacial score (nSPS) is 29.6. The van der Waals surface area contributed by atoms with Gasteiger partial charge in [0.25, 0.3) is 0 Å². The first kappa shape index (κ1) is 18.5. The number of hydrogen-bond donors (Lipinski definition) is 1. The number of nitrogens with one attached hydrogen (secondary N) is 1. The first-order valence-electron chi connectivity index (χ1n) is 9.41. The first-order valence-corrected chi connectivity index (χ1v) is 10.2. The van der Waals surface area contributed by atoms with Crippen molar-refractivity contribution in [3.63, 3.8) is 0 Å². The maximum absolute atomic E-state index is 13.2. The molecule has 142 valence electrons. The first-order chi connectivity index (χ1) is 12.6. The molecule has 0 bridgehead atoms. The van der Waals surface area contributed by atoms with Crippen molar-refractivity contribution in [2.24, 2.45) is 0 Å². The van der Waals surface area contributed by atoms with Crippen LogP contribution in [0.15, 0.2) is 18.2 Å². The third kappa shape index (κ3) is 3.87. The molecule has 3 aliphatic rings. The lowest BCUT2D eigenvalue weighted by atomic mass is 9.92. The number of likely N-dealkylation sites (tertiary alicyclic amines) is 1. The molecule has 0 aromatic heterocycles. The van der Waals surface area contributed by atoms with Gasteiger partial charge in [-0.2, -0.15) is 0 Å². The summed E-state index contributed by atoms with van der Waals surface area (Å²) < 4.78 is 5.86. The van der Waals surface area contributed by atoms with Gasteiger partial charge in [-0.3, -0.25) is 9.69 Å². The molecule has 0 saturated carbocycles. The molecule has 3 heterocycles. The zero-order valence-electron chi connectivity index (χ0n) is 14.8. The Hall–Kier alpha value is -0.850. The predicted molar refractivity (Wildman–Crippen MR) is 103 cm³/mol. The Morgan fingerprint density at radius 1 is 1.12 bits per heavy atom. The summed E-state index contributed by atoms with van der Waals surface area (Å²) in [4.78, 5) is 17.7. The minimum absolute atomic E-state index is 0.144. The molecular formula is C19H25Cl2N3O2. The molecule has 3 saturated heterocycles. The minimum atomic E-state index is 0.144. The maximum atomic E-state index is 13.2. The molecule has 26 heavy (non-hydrogen) atoms. The molecule has 0 unspecified atom stereocenters. The van der Waals surface area contributed by atoms with E-state index in [2.05, 4.69) is 15.1 Å². The summed E-state index contributed by atoms with van der Waals surface area (Å²) in [6.45, 7) is 5.11. The van der Waals surface area contributed by atoms with Crippen molar-refractivity contribution in [2.45, 2.75) is 37.4 Å². The highest BCUT2D eigenvalue weighted by Gasteiger charge is 2.44. The van der Waals surface area contributed by atoms with Gasteiger partial charge in [0.15, 0.2) is 0 Å². The molecule has 3 aliphatic heterocycles. The Balaban J connectivity index is 1.53. The smallest absolute Gasteiger partial charge is 0.227 e. The minimum Gasteiger partial charge on any atom is -0.378 e. The van der Waals surface area contributed by atoms with Gasteiger partial charge < -0.3 is 15.0 Å². The molecule has 0 spiro atoms. The third-order valence-electron chi connectivity index (χ3n) is 5.72. The highest BCUT2D eigenvalue weighted by atomic mass is 35.5. The molecule has 0 radical (unpaired) electrons. The zero-order chi connectivity index (χ0) is 18.1. The van der Waals surface area contributed by atoms with E-state index in [1.165, 1.54) is 12.8 Å². The van der Waals surface area contributed by atoms with Crippen LogP contribution in [0.2, 0.25) is 10.0 Å². The number of fused-ring (bicyclic) bond motifs is 1. The number of amides is 1. The molecule has 1 aromatic rings. The van der Waals surface area contributed by atoms with Crippen LogP contribution in [0.1, 0.15) is 18.4 Å². The second-order valence-electron chi connectivity index (χ2n) is 7.44. The predicted octanol–water partition coefficient (Wildman–Crippen LogP) is 2.20. The SMILES string of the molecule is O=C(Cc1cc(Cl)cc(Cl)c1)N1CCN[C@@H]2COC[C@H](N3CCCC3)[C@H]21. The van der Waals surface area contributed by atoms with Crippen LogP contribution in [0.25, 0.3) is 0 Å². The van der Waals surface area contributed by atoms with Crippen molar-refractivity contribution in [3.8, 4) is 0 Å². The summed E-state index contributed by atoms with van der Waals surface area (Å²) in [5.41, 5.74) is 0.868. The Bertz CT molecular complexity index is 644. The van der Waals surface area contributed by atoms with E-state index in [1.807, 2.05) is 12.1 Å². The fourth-order valence-electron chi connectivity index (χ4n) is 4.58. The number of carbonyl (C=O) groups is 1. The number of nitrogens with zero attached hydrogens (tertiary/aromatic N) is 2. The van der Waals surface area contributed by atoms with Crippen molar-refractivity contribution >= 4 is 29.1 Å². The fourth-order valence-corrected chi connectivity index (χ4v) is 5.15. The van der Waals surface area contributed by atoms with E-state index in [0.29, 0.717) is 29.7 Å². The molecular weight excluding hydrogens is 373 g/mol. The molecule has 3 fully saturated rings. The number of benzene rings is 1. The highest BCUT2D eigenvalue weighted by molar-refractivity contribution is 6.34. The van der Waals surface area contributed by atoms with Gasteiger partial charge in [0.2, 0.25) is 5.91 Å². The summed E-state index contributed by atoms with van der Waals surface area (Å²) in [5, 5.41) is 4.69. The van der Waals surface area contributed by atoms with Gasteiger partial charge in [0.1, 0.15) is 0 Å². The molecule has 1 amide bonds. The number of ether oxygens (including phenoxy) is 1. The van der Waals surface area contributed by atoms with Gasteiger partial charge in [0, 0.05) is 23.1 Å². The zero-order valence-corrected chi connectivity index (χ0v) is 16.3. The standard InChI is InChI=1S/C19H25Cl2N3O2/c20-14-7-13(8-15(21)10-14)9-18(25)24-6-3-22-16-11-26-12-17(19(16)24)23-4-1-2-5-23/h7-8,10,16-17,19,22H,1-6,9,11-12H2/t16-,17+,19+/m1/s1. The van der Waals surface area contributed by atoms with E-state index in [9.17, 15) is 4.79 Å². The molecule has 1 N–H and O–H groups in total. The van der Waals surface area contributed by atoms with E-state index >= 15 is 0 Å². The van der Waals surface area contributed by atoms with Crippen LogP contribution in [0.4, 0.5) is 0 Å². The van der Waals surface area contributed by atoms with E-state index in [0.717, 1.165) is 31.7 Å². The van der Waals surface area contributed by atoms with Gasteiger partial charge in [-0.05, 0) is 49.7 Å². The maximum Gasteiger partial charge on any atom is 0.227 e. The second kappa shape index (κ2) is 8.03. The second-order valence-corrected chi connectivity index (χ2v) is 8.31. The van der Waals surface area contributed by atoms with E-state index < -0.39 is 0 Å². The van der Waals surface area contributed by atoms with E-state index in [4.69, 9.17) is 27.9 Å². The number of halogens is 2. The van der Waals surface area contributed by atoms with Crippen LogP contribution in [-0.2, 0) is 16.0 Å². The average molecular weight is 398 g/mol. The molecule has 0 aliphatic carbocycles. The summed E-state index contributed by atoms with van der Waals surface area (Å²) in [5.74, 6) is 0.144. The lowest BCUT2D eigenvalue weighted by Crippen LogP contribution is -2.70. The monoisotopic (exact) mass is 397 g/mol. The van der Waals surface area contributed by atoms with Crippen molar-refractivity contribution in [2.75, 3.05) is 39.4 Å².